The molecule has 2 aliphatic heterocycles. The van der Waals surface area contributed by atoms with Gasteiger partial charge in [0.1, 0.15) is 24.9 Å². The van der Waals surface area contributed by atoms with E-state index in [4.69, 9.17) is 23.7 Å². The summed E-state index contributed by atoms with van der Waals surface area (Å²) < 4.78 is 26.0. The fourth-order valence-electron chi connectivity index (χ4n) is 2.77. The first kappa shape index (κ1) is 17.1. The van der Waals surface area contributed by atoms with Crippen molar-refractivity contribution in [2.24, 2.45) is 0 Å². The lowest BCUT2D eigenvalue weighted by atomic mass is 9.81. The van der Waals surface area contributed by atoms with Gasteiger partial charge in [0.25, 0.3) is 0 Å². The third kappa shape index (κ3) is 2.95. The van der Waals surface area contributed by atoms with E-state index in [0.29, 0.717) is 0 Å². The predicted octanol–water partition coefficient (Wildman–Crippen LogP) is -1.66. The summed E-state index contributed by atoms with van der Waals surface area (Å²) >= 11 is 0. The van der Waals surface area contributed by atoms with E-state index in [2.05, 4.69) is 0 Å². The van der Waals surface area contributed by atoms with E-state index in [-0.39, 0.29) is 13.2 Å². The number of aliphatic hydroxyl groups excluding tert-OH is 1. The van der Waals surface area contributed by atoms with Crippen LogP contribution in [-0.4, -0.2) is 78.8 Å². The number of fused-ring (bicyclic) bond motifs is 1. The van der Waals surface area contributed by atoms with Gasteiger partial charge in [-0.25, -0.2) is 0 Å². The number of hydrogen-bond donors (Lipinski definition) is 2. The zero-order valence-electron chi connectivity index (χ0n) is 12.6. The molecule has 2 saturated heterocycles. The van der Waals surface area contributed by atoms with Crippen molar-refractivity contribution in [2.45, 2.75) is 50.2 Å². The summed E-state index contributed by atoms with van der Waals surface area (Å²) in [6.45, 7) is 1.94. The number of rotatable bonds is 4. The second-order valence-electron chi connectivity index (χ2n) is 5.27. The molecule has 0 unspecified atom stereocenters. The Labute approximate surface area is 127 Å². The molecule has 0 radical (unpaired) electrons. The molecule has 0 aromatic carbocycles. The second kappa shape index (κ2) is 6.47. The zero-order chi connectivity index (χ0) is 16.5. The number of carbonyl (C=O) groups excluding carboxylic acids is 2. The Kier molecular flexibility index (Phi) is 5.03. The van der Waals surface area contributed by atoms with Crippen molar-refractivity contribution in [3.05, 3.63) is 0 Å². The Balaban J connectivity index is 2.30. The highest BCUT2D eigenvalue weighted by Crippen LogP contribution is 2.41. The fourth-order valence-corrected chi connectivity index (χ4v) is 2.77. The molecule has 0 aromatic rings. The minimum Gasteiger partial charge on any atom is -0.463 e. The molecule has 2 aliphatic rings. The van der Waals surface area contributed by atoms with Crippen molar-refractivity contribution in [3.63, 3.8) is 0 Å². The van der Waals surface area contributed by atoms with Gasteiger partial charge >= 0.3 is 11.9 Å². The Morgan fingerprint density at radius 2 is 2.00 bits per heavy atom. The van der Waals surface area contributed by atoms with Crippen LogP contribution in [0.3, 0.4) is 0 Å². The summed E-state index contributed by atoms with van der Waals surface area (Å²) in [5, 5.41) is 21.0. The first-order valence-electron chi connectivity index (χ1n) is 6.81. The molecule has 0 amide bonds. The van der Waals surface area contributed by atoms with Gasteiger partial charge in [0.05, 0.1) is 6.61 Å². The molecule has 0 saturated carbocycles. The maximum absolute atomic E-state index is 11.3. The van der Waals surface area contributed by atoms with Crippen LogP contribution in [0.2, 0.25) is 0 Å². The van der Waals surface area contributed by atoms with E-state index < -0.39 is 48.2 Å². The Bertz CT molecular complexity index is 439. The van der Waals surface area contributed by atoms with E-state index >= 15 is 0 Å². The van der Waals surface area contributed by atoms with E-state index in [1.54, 1.807) is 0 Å². The smallest absolute Gasteiger partial charge is 0.303 e. The molecule has 0 spiro atoms. The van der Waals surface area contributed by atoms with Gasteiger partial charge < -0.3 is 33.9 Å². The number of hydrogen-bond acceptors (Lipinski definition) is 9. The van der Waals surface area contributed by atoms with Gasteiger partial charge in [0, 0.05) is 21.0 Å². The number of ether oxygens (including phenoxy) is 5. The highest BCUT2D eigenvalue weighted by atomic mass is 16.7. The van der Waals surface area contributed by atoms with Crippen LogP contribution < -0.4 is 0 Å². The number of esters is 2. The number of methoxy groups -OCH3 is 1. The molecular weight excluding hydrogens is 300 g/mol. The summed E-state index contributed by atoms with van der Waals surface area (Å²) in [4.78, 5) is 22.3. The Hall–Kier alpha value is -1.26. The minimum absolute atomic E-state index is 0.164. The molecule has 6 atom stereocenters. The highest BCUT2D eigenvalue weighted by molar-refractivity contribution is 5.67. The van der Waals surface area contributed by atoms with Crippen molar-refractivity contribution in [2.75, 3.05) is 20.3 Å². The highest BCUT2D eigenvalue weighted by Gasteiger charge is 2.65. The maximum Gasteiger partial charge on any atom is 0.303 e. The van der Waals surface area contributed by atoms with Crippen molar-refractivity contribution in [3.8, 4) is 0 Å². The molecule has 2 heterocycles. The monoisotopic (exact) mass is 320 g/mol. The normalized spacial score (nSPS) is 40.9. The topological polar surface area (TPSA) is 121 Å². The van der Waals surface area contributed by atoms with Crippen LogP contribution >= 0.6 is 0 Å². The van der Waals surface area contributed by atoms with Crippen LogP contribution in [0.1, 0.15) is 13.8 Å². The van der Waals surface area contributed by atoms with Gasteiger partial charge in [-0.15, -0.1) is 0 Å². The lowest BCUT2D eigenvalue weighted by Crippen LogP contribution is -2.70. The van der Waals surface area contributed by atoms with E-state index in [0.717, 1.165) is 6.92 Å². The fraction of sp³-hybridized carbons (Fsp3) is 0.846. The molecular formula is C13H20O9. The molecule has 0 aromatic heterocycles. The summed E-state index contributed by atoms with van der Waals surface area (Å²) in [7, 11) is 1.34. The quantitative estimate of drug-likeness (QED) is 0.586. The first-order chi connectivity index (χ1) is 10.3. The van der Waals surface area contributed by atoms with Crippen LogP contribution in [0.15, 0.2) is 0 Å². The lowest BCUT2D eigenvalue weighted by Gasteiger charge is -2.47. The summed E-state index contributed by atoms with van der Waals surface area (Å²) in [6.07, 6.45) is -5.61. The van der Waals surface area contributed by atoms with Crippen molar-refractivity contribution >= 4 is 11.9 Å². The Morgan fingerprint density at radius 1 is 1.32 bits per heavy atom. The minimum atomic E-state index is -1.92. The van der Waals surface area contributed by atoms with Gasteiger partial charge in [-0.3, -0.25) is 9.59 Å². The third-order valence-electron chi connectivity index (χ3n) is 3.75. The first-order valence-corrected chi connectivity index (χ1v) is 6.81. The molecule has 9 heteroatoms. The van der Waals surface area contributed by atoms with Gasteiger partial charge in [0.15, 0.2) is 18.0 Å². The summed E-state index contributed by atoms with van der Waals surface area (Å²) in [5.41, 5.74) is -1.92. The predicted molar refractivity (Wildman–Crippen MR) is 68.6 cm³/mol. The maximum atomic E-state index is 11.3. The molecule has 22 heavy (non-hydrogen) atoms. The van der Waals surface area contributed by atoms with Crippen molar-refractivity contribution in [1.29, 1.82) is 0 Å². The lowest BCUT2D eigenvalue weighted by molar-refractivity contribution is -0.323. The molecule has 0 aliphatic carbocycles. The van der Waals surface area contributed by atoms with Crippen LogP contribution in [0.4, 0.5) is 0 Å². The molecule has 126 valence electrons. The number of carbonyl (C=O) groups is 2. The van der Waals surface area contributed by atoms with Crippen molar-refractivity contribution in [1.82, 2.24) is 0 Å². The molecule has 2 rings (SSSR count). The second-order valence-corrected chi connectivity index (χ2v) is 5.27. The summed E-state index contributed by atoms with van der Waals surface area (Å²) in [5.74, 6) is -1.24. The summed E-state index contributed by atoms with van der Waals surface area (Å²) in [6, 6.07) is 0. The van der Waals surface area contributed by atoms with Crippen LogP contribution in [0, 0.1) is 0 Å². The van der Waals surface area contributed by atoms with Crippen LogP contribution in [0.25, 0.3) is 0 Å². The van der Waals surface area contributed by atoms with E-state index in [9.17, 15) is 19.8 Å². The SMILES string of the molecule is CO[C@H]1O[C@H](COC(C)=O)[C@@H](OC(C)=O)[C@@]2(O)[C@H](O)CO[C@@H]12. The molecule has 0 bridgehead atoms. The van der Waals surface area contributed by atoms with E-state index in [1.165, 1.54) is 14.0 Å². The molecule has 2 N–H and O–H groups in total. The number of aliphatic hydroxyl groups is 2. The van der Waals surface area contributed by atoms with Gasteiger partial charge in [-0.05, 0) is 0 Å². The van der Waals surface area contributed by atoms with E-state index in [1.807, 2.05) is 0 Å². The third-order valence-corrected chi connectivity index (χ3v) is 3.75. The molecule has 2 fully saturated rings. The largest absolute Gasteiger partial charge is 0.463 e. The Morgan fingerprint density at radius 3 is 2.55 bits per heavy atom. The van der Waals surface area contributed by atoms with Gasteiger partial charge in [-0.2, -0.15) is 0 Å². The standard InChI is InChI=1S/C13H20O9/c1-6(14)19-4-8-10(21-7(2)15)13(17)9(16)5-20-11(13)12(18-3)22-8/h8-12,16-17H,4-5H2,1-3H3/t8-,9-,10-,11+,12+,13+/m1/s1. The van der Waals surface area contributed by atoms with Gasteiger partial charge in [-0.1, -0.05) is 0 Å². The molecule has 9 nitrogen and oxygen atoms in total. The van der Waals surface area contributed by atoms with Crippen molar-refractivity contribution < 1.29 is 43.5 Å². The van der Waals surface area contributed by atoms with Gasteiger partial charge in [0.2, 0.25) is 0 Å². The van der Waals surface area contributed by atoms with Crippen LogP contribution in [0.5, 0.6) is 0 Å². The van der Waals surface area contributed by atoms with Crippen LogP contribution in [-0.2, 0) is 33.3 Å². The average Bonchev–Trinajstić information content (AvgIpc) is 2.75. The zero-order valence-corrected chi connectivity index (χ0v) is 12.6. The average molecular weight is 320 g/mol.